The van der Waals surface area contributed by atoms with E-state index in [0.29, 0.717) is 11.4 Å². The Morgan fingerprint density at radius 1 is 1.13 bits per heavy atom. The summed E-state index contributed by atoms with van der Waals surface area (Å²) < 4.78 is 7.08. The normalized spacial score (nSPS) is 11.4. The Labute approximate surface area is 181 Å². The van der Waals surface area contributed by atoms with E-state index in [4.69, 9.17) is 21.4 Å². The van der Waals surface area contributed by atoms with E-state index in [-0.39, 0.29) is 12.3 Å². The molecule has 3 aromatic rings. The first-order chi connectivity index (χ1) is 14.2. The van der Waals surface area contributed by atoms with Crippen LogP contribution in [0.3, 0.4) is 0 Å². The van der Waals surface area contributed by atoms with Crippen LogP contribution in [0.4, 0.5) is 0 Å². The molecule has 158 valence electrons. The van der Waals surface area contributed by atoms with E-state index >= 15 is 0 Å². The smallest absolute Gasteiger partial charge is 0.246 e. The summed E-state index contributed by atoms with van der Waals surface area (Å²) in [6, 6.07) is 17.1. The molecule has 0 bridgehead atoms. The number of rotatable bonds is 6. The molecular formula is C23H26ClN3O3. The quantitative estimate of drug-likeness (QED) is 0.436. The molecule has 2 aromatic carbocycles. The third kappa shape index (κ3) is 5.01. The molecule has 1 aromatic heterocycles. The van der Waals surface area contributed by atoms with E-state index in [9.17, 15) is 10.0 Å². The lowest BCUT2D eigenvalue weighted by Crippen LogP contribution is -2.43. The number of aromatic nitrogens is 2. The molecule has 0 atom stereocenters. The predicted octanol–water partition coefficient (Wildman–Crippen LogP) is 5.15. The molecule has 3 rings (SSSR count). The number of amides is 1. The highest BCUT2D eigenvalue weighted by molar-refractivity contribution is 6.30. The summed E-state index contributed by atoms with van der Waals surface area (Å²) in [6.07, 6.45) is 0.573. The Morgan fingerprint density at radius 2 is 1.77 bits per heavy atom. The van der Waals surface area contributed by atoms with Crippen LogP contribution in [0.15, 0.2) is 54.6 Å². The van der Waals surface area contributed by atoms with Gasteiger partial charge in [-0.2, -0.15) is 5.10 Å². The number of carbonyl (C=O) groups excluding carboxylic acids is 1. The number of hydroxylamine groups is 2. The Morgan fingerprint density at radius 3 is 2.33 bits per heavy atom. The number of halogens is 1. The van der Waals surface area contributed by atoms with Crippen molar-refractivity contribution >= 4 is 17.5 Å². The molecular weight excluding hydrogens is 402 g/mol. The summed E-state index contributed by atoms with van der Waals surface area (Å²) in [4.78, 5) is 12.3. The number of aryl methyl sites for hydroxylation is 1. The van der Waals surface area contributed by atoms with Crippen molar-refractivity contribution in [1.29, 1.82) is 0 Å². The van der Waals surface area contributed by atoms with E-state index in [2.05, 4.69) is 0 Å². The van der Waals surface area contributed by atoms with Crippen LogP contribution in [-0.4, -0.2) is 38.6 Å². The maximum absolute atomic E-state index is 12.3. The van der Waals surface area contributed by atoms with Crippen LogP contribution in [0.2, 0.25) is 5.02 Å². The summed E-state index contributed by atoms with van der Waals surface area (Å²) in [5.74, 6) is 0.421. The molecule has 30 heavy (non-hydrogen) atoms. The van der Waals surface area contributed by atoms with Crippen molar-refractivity contribution in [1.82, 2.24) is 14.8 Å². The minimum atomic E-state index is -0.645. The number of nitrogens with zero attached hydrogens (tertiary/aromatic N) is 3. The van der Waals surface area contributed by atoms with E-state index in [1.807, 2.05) is 59.3 Å². The molecule has 0 saturated heterocycles. The standard InChI is InChI=1S/C23H26ClN3O3/c1-23(2,3)27(29)22(28)14-9-18-15-21(16-5-7-17(24)8-6-16)26(25-18)19-10-12-20(30-4)13-11-19/h5-8,10-13,15,29H,9,14H2,1-4H3. The molecule has 0 fully saturated rings. The highest BCUT2D eigenvalue weighted by Gasteiger charge is 2.25. The van der Waals surface area contributed by atoms with Crippen LogP contribution >= 0.6 is 11.6 Å². The van der Waals surface area contributed by atoms with Crippen LogP contribution in [-0.2, 0) is 11.2 Å². The molecule has 0 aliphatic carbocycles. The van der Waals surface area contributed by atoms with Gasteiger partial charge in [0.2, 0.25) is 5.91 Å². The molecule has 0 aliphatic rings. The Balaban J connectivity index is 1.91. The first-order valence-corrected chi connectivity index (χ1v) is 10.1. The van der Waals surface area contributed by atoms with Crippen LogP contribution in [0.25, 0.3) is 16.9 Å². The molecule has 1 N–H and O–H groups in total. The topological polar surface area (TPSA) is 67.6 Å². The van der Waals surface area contributed by atoms with E-state index < -0.39 is 5.54 Å². The largest absolute Gasteiger partial charge is 0.497 e. The second kappa shape index (κ2) is 8.90. The maximum Gasteiger partial charge on any atom is 0.246 e. The fourth-order valence-electron chi connectivity index (χ4n) is 3.01. The summed E-state index contributed by atoms with van der Waals surface area (Å²) in [5, 5.41) is 16.2. The van der Waals surface area contributed by atoms with Crippen molar-refractivity contribution < 1.29 is 14.7 Å². The minimum Gasteiger partial charge on any atom is -0.497 e. The molecule has 1 heterocycles. The lowest BCUT2D eigenvalue weighted by Gasteiger charge is -2.29. The summed E-state index contributed by atoms with van der Waals surface area (Å²) in [6.45, 7) is 5.34. The van der Waals surface area contributed by atoms with Gasteiger partial charge >= 0.3 is 0 Å². The molecule has 0 spiro atoms. The van der Waals surface area contributed by atoms with Gasteiger partial charge in [-0.15, -0.1) is 0 Å². The van der Waals surface area contributed by atoms with Crippen LogP contribution in [0.5, 0.6) is 5.75 Å². The van der Waals surface area contributed by atoms with Gasteiger partial charge in [-0.1, -0.05) is 23.7 Å². The molecule has 0 saturated carbocycles. The molecule has 6 nitrogen and oxygen atoms in total. The van der Waals surface area contributed by atoms with E-state index in [1.165, 1.54) is 0 Å². The highest BCUT2D eigenvalue weighted by atomic mass is 35.5. The van der Waals surface area contributed by atoms with Crippen LogP contribution in [0, 0.1) is 0 Å². The molecule has 1 amide bonds. The zero-order valence-corrected chi connectivity index (χ0v) is 18.3. The van der Waals surface area contributed by atoms with Gasteiger partial charge in [0.15, 0.2) is 0 Å². The highest BCUT2D eigenvalue weighted by Crippen LogP contribution is 2.27. The second-order valence-corrected chi connectivity index (χ2v) is 8.45. The lowest BCUT2D eigenvalue weighted by atomic mass is 10.1. The molecule has 0 aliphatic heterocycles. The van der Waals surface area contributed by atoms with Crippen molar-refractivity contribution in [3.05, 3.63) is 65.3 Å². The fraction of sp³-hybridized carbons (Fsp3) is 0.304. The third-order valence-electron chi connectivity index (χ3n) is 4.68. The van der Waals surface area contributed by atoms with Crippen LogP contribution in [0.1, 0.15) is 32.9 Å². The lowest BCUT2D eigenvalue weighted by molar-refractivity contribution is -0.186. The number of methoxy groups -OCH3 is 1. The maximum atomic E-state index is 12.3. The minimum absolute atomic E-state index is 0.160. The van der Waals surface area contributed by atoms with Gasteiger partial charge in [-0.3, -0.25) is 10.0 Å². The fourth-order valence-corrected chi connectivity index (χ4v) is 3.14. The number of benzene rings is 2. The first kappa shape index (κ1) is 21.9. The van der Waals surface area contributed by atoms with Gasteiger partial charge in [-0.05, 0) is 63.2 Å². The number of hydrogen-bond acceptors (Lipinski definition) is 4. The summed E-state index contributed by atoms with van der Waals surface area (Å²) in [7, 11) is 1.62. The monoisotopic (exact) mass is 427 g/mol. The third-order valence-corrected chi connectivity index (χ3v) is 4.94. The number of hydrogen-bond donors (Lipinski definition) is 1. The predicted molar refractivity (Wildman–Crippen MR) is 117 cm³/mol. The van der Waals surface area contributed by atoms with Crippen LogP contribution < -0.4 is 4.74 Å². The average molecular weight is 428 g/mol. The van der Waals surface area contributed by atoms with Gasteiger partial charge < -0.3 is 4.74 Å². The van der Waals surface area contributed by atoms with Gasteiger partial charge in [-0.25, -0.2) is 9.75 Å². The number of carbonyl (C=O) groups is 1. The van der Waals surface area contributed by atoms with Gasteiger partial charge in [0.25, 0.3) is 0 Å². The first-order valence-electron chi connectivity index (χ1n) is 9.70. The van der Waals surface area contributed by atoms with Crippen molar-refractivity contribution in [2.24, 2.45) is 0 Å². The van der Waals surface area contributed by atoms with Crippen molar-refractivity contribution in [2.45, 2.75) is 39.2 Å². The van der Waals surface area contributed by atoms with E-state index in [0.717, 1.165) is 33.5 Å². The Kier molecular flexibility index (Phi) is 6.48. The zero-order valence-electron chi connectivity index (χ0n) is 17.6. The SMILES string of the molecule is COc1ccc(-n2nc(CCC(=O)N(O)C(C)(C)C)cc2-c2ccc(Cl)cc2)cc1. The zero-order chi connectivity index (χ0) is 21.9. The van der Waals surface area contributed by atoms with Gasteiger partial charge in [0.05, 0.1) is 29.7 Å². The average Bonchev–Trinajstić information content (AvgIpc) is 3.15. The molecule has 0 unspecified atom stereocenters. The van der Waals surface area contributed by atoms with E-state index in [1.54, 1.807) is 27.9 Å². The van der Waals surface area contributed by atoms with Crippen molar-refractivity contribution in [3.8, 4) is 22.7 Å². The summed E-state index contributed by atoms with van der Waals surface area (Å²) >= 11 is 6.04. The summed E-state index contributed by atoms with van der Waals surface area (Å²) in [5.41, 5.74) is 2.83. The Hall–Kier alpha value is -2.83. The second-order valence-electron chi connectivity index (χ2n) is 8.01. The Bertz CT molecular complexity index is 1010. The molecule has 0 radical (unpaired) electrons. The van der Waals surface area contributed by atoms with Gasteiger partial charge in [0.1, 0.15) is 5.75 Å². The van der Waals surface area contributed by atoms with Crippen molar-refractivity contribution in [3.63, 3.8) is 0 Å². The van der Waals surface area contributed by atoms with Crippen molar-refractivity contribution in [2.75, 3.05) is 7.11 Å². The number of ether oxygens (including phenoxy) is 1. The van der Waals surface area contributed by atoms with Gasteiger partial charge in [0, 0.05) is 23.4 Å². The molecule has 7 heteroatoms.